The molecule has 0 aromatic heterocycles. The summed E-state index contributed by atoms with van der Waals surface area (Å²) in [5.41, 5.74) is -0.0531. The number of nitrogens with one attached hydrogen (secondary N) is 1. The third-order valence-electron chi connectivity index (χ3n) is 2.62. The second-order valence-electron chi connectivity index (χ2n) is 3.82. The fraction of sp³-hybridized carbons (Fsp3) is 0.455. The maximum absolute atomic E-state index is 12.6. The van der Waals surface area contributed by atoms with Crippen LogP contribution in [0.3, 0.4) is 0 Å². The van der Waals surface area contributed by atoms with E-state index >= 15 is 0 Å². The van der Waals surface area contributed by atoms with Crippen LogP contribution >= 0.6 is 28.3 Å². The van der Waals surface area contributed by atoms with Crippen molar-refractivity contribution in [2.75, 3.05) is 19.8 Å². The molecule has 0 amide bonds. The average molecular weight is 347 g/mol. The van der Waals surface area contributed by atoms with E-state index in [1.54, 1.807) is 0 Å². The van der Waals surface area contributed by atoms with Crippen molar-refractivity contribution in [1.29, 1.82) is 0 Å². The van der Waals surface area contributed by atoms with Gasteiger partial charge in [-0.25, -0.2) is 0 Å². The van der Waals surface area contributed by atoms with Crippen LogP contribution in [0.5, 0.6) is 0 Å². The number of hydrogen-bond acceptors (Lipinski definition) is 2. The van der Waals surface area contributed by atoms with Crippen LogP contribution in [0, 0.1) is 0 Å². The Balaban J connectivity index is 0.00000162. The van der Waals surface area contributed by atoms with Crippen LogP contribution < -0.4 is 5.32 Å². The SMILES string of the molecule is Cl.FC(F)(F)c1ccc(Br)c([C@H]2COCCN2)c1. The molecule has 1 aliphatic heterocycles. The zero-order chi connectivity index (χ0) is 12.5. The monoisotopic (exact) mass is 345 g/mol. The molecule has 0 saturated carbocycles. The molecule has 1 aliphatic rings. The summed E-state index contributed by atoms with van der Waals surface area (Å²) in [6.45, 7) is 1.63. The van der Waals surface area contributed by atoms with Gasteiger partial charge in [0.05, 0.1) is 24.8 Å². The number of morpholine rings is 1. The standard InChI is InChI=1S/C11H11BrF3NO.ClH/c12-9-2-1-7(11(13,14)15)5-8(9)10-6-17-4-3-16-10;/h1-2,5,10,16H,3-4,6H2;1H/t10-;/m1./s1. The van der Waals surface area contributed by atoms with E-state index in [2.05, 4.69) is 21.2 Å². The van der Waals surface area contributed by atoms with Gasteiger partial charge >= 0.3 is 6.18 Å². The smallest absolute Gasteiger partial charge is 0.378 e. The highest BCUT2D eigenvalue weighted by Gasteiger charge is 2.32. The molecule has 1 fully saturated rings. The van der Waals surface area contributed by atoms with Crippen molar-refractivity contribution in [1.82, 2.24) is 5.32 Å². The molecule has 0 aliphatic carbocycles. The van der Waals surface area contributed by atoms with Crippen molar-refractivity contribution in [3.8, 4) is 0 Å². The number of halogens is 5. The van der Waals surface area contributed by atoms with E-state index in [0.29, 0.717) is 29.8 Å². The van der Waals surface area contributed by atoms with Gasteiger partial charge in [-0.2, -0.15) is 13.2 Å². The second kappa shape index (κ2) is 6.23. The quantitative estimate of drug-likeness (QED) is 0.840. The summed E-state index contributed by atoms with van der Waals surface area (Å²) >= 11 is 3.27. The molecule has 2 nitrogen and oxygen atoms in total. The zero-order valence-electron chi connectivity index (χ0n) is 9.26. The largest absolute Gasteiger partial charge is 0.416 e. The Labute approximate surface area is 117 Å². The van der Waals surface area contributed by atoms with Crippen LogP contribution in [-0.4, -0.2) is 19.8 Å². The summed E-state index contributed by atoms with van der Waals surface area (Å²) in [6.07, 6.45) is -4.31. The molecular weight excluding hydrogens is 334 g/mol. The Morgan fingerprint density at radius 3 is 2.61 bits per heavy atom. The first kappa shape index (κ1) is 15.8. The highest BCUT2D eigenvalue weighted by atomic mass is 79.9. The molecule has 7 heteroatoms. The van der Waals surface area contributed by atoms with Gasteiger partial charge in [0.15, 0.2) is 0 Å². The molecule has 1 saturated heterocycles. The summed E-state index contributed by atoms with van der Waals surface area (Å²) in [4.78, 5) is 0. The van der Waals surface area contributed by atoms with E-state index in [9.17, 15) is 13.2 Å². The Kier molecular flexibility index (Phi) is 5.46. The van der Waals surface area contributed by atoms with Gasteiger partial charge in [0.25, 0.3) is 0 Å². The van der Waals surface area contributed by atoms with Gasteiger partial charge in [0, 0.05) is 11.0 Å². The van der Waals surface area contributed by atoms with E-state index in [0.717, 1.165) is 12.1 Å². The van der Waals surface area contributed by atoms with E-state index < -0.39 is 11.7 Å². The Bertz CT molecular complexity index is 408. The lowest BCUT2D eigenvalue weighted by atomic mass is 10.0. The minimum atomic E-state index is -4.31. The van der Waals surface area contributed by atoms with E-state index in [1.165, 1.54) is 6.07 Å². The molecule has 1 atom stereocenters. The van der Waals surface area contributed by atoms with Gasteiger partial charge in [-0.3, -0.25) is 0 Å². The van der Waals surface area contributed by atoms with Crippen molar-refractivity contribution in [2.45, 2.75) is 12.2 Å². The molecule has 1 aromatic carbocycles. The van der Waals surface area contributed by atoms with Gasteiger partial charge in [-0.05, 0) is 23.8 Å². The average Bonchev–Trinajstić information content (AvgIpc) is 2.29. The summed E-state index contributed by atoms with van der Waals surface area (Å²) in [7, 11) is 0. The number of alkyl halides is 3. The minimum Gasteiger partial charge on any atom is -0.378 e. The third-order valence-corrected chi connectivity index (χ3v) is 3.34. The molecule has 2 rings (SSSR count). The molecule has 1 heterocycles. The van der Waals surface area contributed by atoms with E-state index in [1.807, 2.05) is 0 Å². The first-order valence-corrected chi connectivity index (χ1v) is 5.95. The van der Waals surface area contributed by atoms with Crippen molar-refractivity contribution >= 4 is 28.3 Å². The Hall–Kier alpha value is -0.300. The molecule has 1 aromatic rings. The van der Waals surface area contributed by atoms with Gasteiger partial charge in [0.2, 0.25) is 0 Å². The summed E-state index contributed by atoms with van der Waals surface area (Å²) in [5.74, 6) is 0. The molecule has 0 spiro atoms. The summed E-state index contributed by atoms with van der Waals surface area (Å²) in [5, 5.41) is 3.13. The predicted octanol–water partition coefficient (Wildman–Crippen LogP) is 3.55. The molecule has 0 unspecified atom stereocenters. The highest BCUT2D eigenvalue weighted by molar-refractivity contribution is 9.10. The lowest BCUT2D eigenvalue weighted by molar-refractivity contribution is -0.137. The molecule has 1 N–H and O–H groups in total. The number of rotatable bonds is 1. The lowest BCUT2D eigenvalue weighted by Crippen LogP contribution is -2.34. The summed E-state index contributed by atoms with van der Waals surface area (Å²) in [6, 6.07) is 3.46. The Morgan fingerprint density at radius 1 is 1.33 bits per heavy atom. The highest BCUT2D eigenvalue weighted by Crippen LogP contribution is 2.34. The van der Waals surface area contributed by atoms with Gasteiger partial charge < -0.3 is 10.1 Å². The molecular formula is C11H12BrClF3NO. The van der Waals surface area contributed by atoms with Gasteiger partial charge in [-0.1, -0.05) is 15.9 Å². The van der Waals surface area contributed by atoms with Crippen LogP contribution in [0.25, 0.3) is 0 Å². The predicted molar refractivity (Wildman–Crippen MR) is 68.0 cm³/mol. The lowest BCUT2D eigenvalue weighted by Gasteiger charge is -2.25. The van der Waals surface area contributed by atoms with E-state index in [4.69, 9.17) is 4.74 Å². The normalized spacial score (nSPS) is 20.3. The van der Waals surface area contributed by atoms with E-state index in [-0.39, 0.29) is 18.4 Å². The van der Waals surface area contributed by atoms with Crippen molar-refractivity contribution in [2.24, 2.45) is 0 Å². The van der Waals surface area contributed by atoms with Crippen molar-refractivity contribution in [3.63, 3.8) is 0 Å². The molecule has 102 valence electrons. The molecule has 0 radical (unpaired) electrons. The van der Waals surface area contributed by atoms with Crippen LogP contribution in [0.15, 0.2) is 22.7 Å². The minimum absolute atomic E-state index is 0. The second-order valence-corrected chi connectivity index (χ2v) is 4.67. The fourth-order valence-electron chi connectivity index (χ4n) is 1.75. The van der Waals surface area contributed by atoms with Gasteiger partial charge in [0.1, 0.15) is 0 Å². The number of ether oxygens (including phenoxy) is 1. The van der Waals surface area contributed by atoms with Gasteiger partial charge in [-0.15, -0.1) is 12.4 Å². The van der Waals surface area contributed by atoms with Crippen LogP contribution in [0.2, 0.25) is 0 Å². The van der Waals surface area contributed by atoms with Crippen molar-refractivity contribution < 1.29 is 17.9 Å². The maximum atomic E-state index is 12.6. The Morgan fingerprint density at radius 2 is 2.06 bits per heavy atom. The molecule has 18 heavy (non-hydrogen) atoms. The molecule has 0 bridgehead atoms. The zero-order valence-corrected chi connectivity index (χ0v) is 11.7. The van der Waals surface area contributed by atoms with Crippen LogP contribution in [0.1, 0.15) is 17.2 Å². The number of benzene rings is 1. The van der Waals surface area contributed by atoms with Crippen LogP contribution in [0.4, 0.5) is 13.2 Å². The first-order chi connectivity index (χ1) is 7.98. The summed E-state index contributed by atoms with van der Waals surface area (Å²) < 4.78 is 43.7. The fourth-order valence-corrected chi connectivity index (χ4v) is 2.28. The van der Waals surface area contributed by atoms with Crippen molar-refractivity contribution in [3.05, 3.63) is 33.8 Å². The third kappa shape index (κ3) is 3.60. The maximum Gasteiger partial charge on any atom is 0.416 e. The first-order valence-electron chi connectivity index (χ1n) is 5.16. The number of hydrogen-bond donors (Lipinski definition) is 1. The van der Waals surface area contributed by atoms with Crippen LogP contribution in [-0.2, 0) is 10.9 Å². The topological polar surface area (TPSA) is 21.3 Å².